The van der Waals surface area contributed by atoms with Crippen LogP contribution in [-0.4, -0.2) is 35.4 Å². The van der Waals surface area contributed by atoms with Crippen LogP contribution in [0.15, 0.2) is 46.1 Å². The summed E-state index contributed by atoms with van der Waals surface area (Å²) in [5, 5.41) is 10.5. The van der Waals surface area contributed by atoms with Crippen LogP contribution >= 0.6 is 39.9 Å². The standard InChI is InChI=1S/C17H22BrF2N5O.HI/c1-2-21-17(22-7-3-9-25-10-4-8-24-25)23-12-13-11-14(18)5-6-15(13)26-16(19)20;/h4-6,8,10-11,16H,2-3,7,9,12H2,1H3,(H2,21,22,23);1H. The van der Waals surface area contributed by atoms with Crippen molar-refractivity contribution in [3.8, 4) is 5.75 Å². The Morgan fingerprint density at radius 2 is 2.19 bits per heavy atom. The molecule has 0 saturated heterocycles. The lowest BCUT2D eigenvalue weighted by atomic mass is 10.2. The molecule has 2 rings (SSSR count). The molecule has 0 amide bonds. The maximum atomic E-state index is 12.5. The van der Waals surface area contributed by atoms with E-state index in [1.807, 2.05) is 23.9 Å². The molecule has 0 atom stereocenters. The number of aromatic nitrogens is 2. The smallest absolute Gasteiger partial charge is 0.387 e. The molecule has 2 N–H and O–H groups in total. The second-order valence-electron chi connectivity index (χ2n) is 5.38. The number of aliphatic imine (C=N–C) groups is 1. The largest absolute Gasteiger partial charge is 0.434 e. The van der Waals surface area contributed by atoms with Crippen LogP contribution < -0.4 is 15.4 Å². The van der Waals surface area contributed by atoms with E-state index in [0.29, 0.717) is 24.6 Å². The highest BCUT2D eigenvalue weighted by Gasteiger charge is 2.10. The van der Waals surface area contributed by atoms with Crippen LogP contribution in [0.2, 0.25) is 0 Å². The predicted molar refractivity (Wildman–Crippen MR) is 116 cm³/mol. The molecule has 150 valence electrons. The van der Waals surface area contributed by atoms with Gasteiger partial charge in [0.15, 0.2) is 5.96 Å². The first-order valence-electron chi connectivity index (χ1n) is 8.31. The van der Waals surface area contributed by atoms with E-state index in [-0.39, 0.29) is 36.3 Å². The molecule has 27 heavy (non-hydrogen) atoms. The Hall–Kier alpha value is -1.43. The number of hydrogen-bond acceptors (Lipinski definition) is 3. The molecule has 0 unspecified atom stereocenters. The van der Waals surface area contributed by atoms with Gasteiger partial charge in [-0.05, 0) is 37.6 Å². The van der Waals surface area contributed by atoms with Gasteiger partial charge in [0.25, 0.3) is 0 Å². The normalized spacial score (nSPS) is 11.2. The molecule has 0 saturated carbocycles. The van der Waals surface area contributed by atoms with Crippen molar-refractivity contribution in [2.24, 2.45) is 4.99 Å². The minimum absolute atomic E-state index is 0. The van der Waals surface area contributed by atoms with E-state index in [9.17, 15) is 8.78 Å². The van der Waals surface area contributed by atoms with Gasteiger partial charge < -0.3 is 15.4 Å². The minimum Gasteiger partial charge on any atom is -0.434 e. The third kappa shape index (κ3) is 8.87. The van der Waals surface area contributed by atoms with Gasteiger partial charge in [-0.3, -0.25) is 4.68 Å². The molecule has 0 aliphatic rings. The number of guanidine groups is 1. The van der Waals surface area contributed by atoms with Gasteiger partial charge >= 0.3 is 6.61 Å². The maximum Gasteiger partial charge on any atom is 0.387 e. The fourth-order valence-corrected chi connectivity index (χ4v) is 2.68. The second-order valence-corrected chi connectivity index (χ2v) is 6.29. The Labute approximate surface area is 182 Å². The molecule has 6 nitrogen and oxygen atoms in total. The van der Waals surface area contributed by atoms with Crippen molar-refractivity contribution in [1.29, 1.82) is 0 Å². The third-order valence-electron chi connectivity index (χ3n) is 3.41. The summed E-state index contributed by atoms with van der Waals surface area (Å²) in [5.41, 5.74) is 0.577. The fourth-order valence-electron chi connectivity index (χ4n) is 2.27. The number of nitrogens with one attached hydrogen (secondary N) is 2. The molecule has 0 aliphatic heterocycles. The molecule has 0 aliphatic carbocycles. The topological polar surface area (TPSA) is 63.5 Å². The molecule has 1 aromatic heterocycles. The van der Waals surface area contributed by atoms with Crippen LogP contribution in [0.3, 0.4) is 0 Å². The SMILES string of the molecule is CCNC(=NCc1cc(Br)ccc1OC(F)F)NCCCn1cccn1.I. The molecule has 2 aromatic rings. The molecule has 1 heterocycles. The molecule has 0 spiro atoms. The summed E-state index contributed by atoms with van der Waals surface area (Å²) in [6.45, 7) is 1.53. The highest BCUT2D eigenvalue weighted by atomic mass is 127. The quantitative estimate of drug-likeness (QED) is 0.212. The molecule has 0 fully saturated rings. The van der Waals surface area contributed by atoms with Crippen LogP contribution in [0.5, 0.6) is 5.75 Å². The summed E-state index contributed by atoms with van der Waals surface area (Å²) in [6.07, 6.45) is 4.54. The Kier molecular flexibility index (Phi) is 11.3. The molecular weight excluding hydrogens is 535 g/mol. The Morgan fingerprint density at radius 3 is 2.85 bits per heavy atom. The van der Waals surface area contributed by atoms with Crippen molar-refractivity contribution in [3.63, 3.8) is 0 Å². The van der Waals surface area contributed by atoms with Gasteiger partial charge in [-0.25, -0.2) is 4.99 Å². The number of hydrogen-bond donors (Lipinski definition) is 2. The van der Waals surface area contributed by atoms with Gasteiger partial charge in [0.1, 0.15) is 5.75 Å². The van der Waals surface area contributed by atoms with Crippen molar-refractivity contribution in [1.82, 2.24) is 20.4 Å². The van der Waals surface area contributed by atoms with Crippen molar-refractivity contribution in [2.75, 3.05) is 13.1 Å². The van der Waals surface area contributed by atoms with Crippen molar-refractivity contribution >= 4 is 45.9 Å². The number of rotatable bonds is 9. The summed E-state index contributed by atoms with van der Waals surface area (Å²) in [5.74, 6) is 0.748. The second kappa shape index (κ2) is 12.9. The summed E-state index contributed by atoms with van der Waals surface area (Å²) in [4.78, 5) is 4.45. The van der Waals surface area contributed by atoms with Gasteiger partial charge in [-0.15, -0.1) is 24.0 Å². The van der Waals surface area contributed by atoms with Crippen LogP contribution in [0.25, 0.3) is 0 Å². The van der Waals surface area contributed by atoms with Crippen LogP contribution in [0, 0.1) is 0 Å². The molecular formula is C17H23BrF2IN5O. The van der Waals surface area contributed by atoms with E-state index < -0.39 is 6.61 Å². The summed E-state index contributed by atoms with van der Waals surface area (Å²) >= 11 is 3.34. The lowest BCUT2D eigenvalue weighted by Gasteiger charge is -2.13. The zero-order valence-corrected chi connectivity index (χ0v) is 18.8. The van der Waals surface area contributed by atoms with Crippen molar-refractivity contribution in [2.45, 2.75) is 33.0 Å². The summed E-state index contributed by atoms with van der Waals surface area (Å²) in [6, 6.07) is 6.77. The van der Waals surface area contributed by atoms with Gasteiger partial charge in [-0.1, -0.05) is 15.9 Å². The van der Waals surface area contributed by atoms with Crippen LogP contribution in [0.1, 0.15) is 18.9 Å². The zero-order chi connectivity index (χ0) is 18.8. The number of ether oxygens (including phenoxy) is 1. The first-order valence-corrected chi connectivity index (χ1v) is 9.10. The van der Waals surface area contributed by atoms with Gasteiger partial charge in [-0.2, -0.15) is 13.9 Å². The first kappa shape index (κ1) is 23.6. The zero-order valence-electron chi connectivity index (χ0n) is 14.9. The number of alkyl halides is 2. The maximum absolute atomic E-state index is 12.5. The molecule has 1 aromatic carbocycles. The predicted octanol–water partition coefficient (Wildman–Crippen LogP) is 4.01. The summed E-state index contributed by atoms with van der Waals surface area (Å²) < 4.78 is 32.3. The lowest BCUT2D eigenvalue weighted by Crippen LogP contribution is -2.38. The van der Waals surface area contributed by atoms with E-state index >= 15 is 0 Å². The van der Waals surface area contributed by atoms with E-state index in [1.165, 1.54) is 6.07 Å². The van der Waals surface area contributed by atoms with E-state index in [0.717, 1.165) is 17.4 Å². The van der Waals surface area contributed by atoms with Crippen molar-refractivity contribution in [3.05, 3.63) is 46.7 Å². The molecule has 0 radical (unpaired) electrons. The Morgan fingerprint density at radius 1 is 1.37 bits per heavy atom. The monoisotopic (exact) mass is 557 g/mol. The Bertz CT molecular complexity index is 701. The fraction of sp³-hybridized carbons (Fsp3) is 0.412. The van der Waals surface area contributed by atoms with Crippen LogP contribution in [0.4, 0.5) is 8.78 Å². The number of benzene rings is 1. The number of aryl methyl sites for hydroxylation is 1. The third-order valence-corrected chi connectivity index (χ3v) is 3.90. The average molecular weight is 558 g/mol. The van der Waals surface area contributed by atoms with E-state index in [1.54, 1.807) is 18.3 Å². The van der Waals surface area contributed by atoms with Crippen molar-refractivity contribution < 1.29 is 13.5 Å². The molecule has 10 heteroatoms. The van der Waals surface area contributed by atoms with Gasteiger partial charge in [0, 0.05) is 42.1 Å². The van der Waals surface area contributed by atoms with Gasteiger partial charge in [0.2, 0.25) is 0 Å². The highest BCUT2D eigenvalue weighted by molar-refractivity contribution is 14.0. The number of nitrogens with zero attached hydrogens (tertiary/aromatic N) is 3. The summed E-state index contributed by atoms with van der Waals surface area (Å²) in [7, 11) is 0. The van der Waals surface area contributed by atoms with E-state index in [4.69, 9.17) is 0 Å². The Balaban J connectivity index is 0.00000364. The first-order chi connectivity index (χ1) is 12.6. The van der Waals surface area contributed by atoms with Crippen LogP contribution in [-0.2, 0) is 13.1 Å². The minimum atomic E-state index is -2.87. The molecule has 0 bridgehead atoms. The lowest BCUT2D eigenvalue weighted by molar-refractivity contribution is -0.0504. The highest BCUT2D eigenvalue weighted by Crippen LogP contribution is 2.25. The van der Waals surface area contributed by atoms with E-state index in [2.05, 4.69) is 41.4 Å². The van der Waals surface area contributed by atoms with Gasteiger partial charge in [0.05, 0.1) is 6.54 Å². The number of halogens is 4. The average Bonchev–Trinajstić information content (AvgIpc) is 3.11.